The van der Waals surface area contributed by atoms with E-state index in [0.717, 1.165) is 12.1 Å². The van der Waals surface area contributed by atoms with Crippen LogP contribution in [0.15, 0.2) is 24.7 Å². The number of nitrogens with zero attached hydrogens (tertiary/aromatic N) is 1. The zero-order valence-electron chi connectivity index (χ0n) is 8.97. The Morgan fingerprint density at radius 2 is 1.85 bits per heavy atom. The fraction of sp³-hybridized carbons (Fsp3) is 0.636. The maximum Gasteiger partial charge on any atom is 0.0952 e. The Hall–Kier alpha value is -0.920. The normalized spacial score (nSPS) is 9.69. The lowest BCUT2D eigenvalue weighted by molar-refractivity contribution is 0.480. The van der Waals surface area contributed by atoms with E-state index in [-0.39, 0.29) is 0 Å². The third-order valence-electron chi connectivity index (χ3n) is 2.22. The van der Waals surface area contributed by atoms with Gasteiger partial charge in [-0.3, -0.25) is 0 Å². The molecule has 0 fully saturated rings. The first-order valence-electron chi connectivity index (χ1n) is 4.95. The molecule has 0 aromatic heterocycles. The van der Waals surface area contributed by atoms with Gasteiger partial charge in [-0.2, -0.15) is 0 Å². The standard InChI is InChI=1S/C11H22N2/c1-5-6-7-8-9-10(2)13(4)11(3)12/h2-3,5-9,12H2,1,4H3. The molecule has 0 amide bonds. The lowest BCUT2D eigenvalue weighted by Crippen LogP contribution is -2.21. The minimum absolute atomic E-state index is 0.570. The molecule has 0 bridgehead atoms. The maximum absolute atomic E-state index is 5.54. The zero-order chi connectivity index (χ0) is 10.3. The summed E-state index contributed by atoms with van der Waals surface area (Å²) in [6, 6.07) is 0. The van der Waals surface area contributed by atoms with E-state index >= 15 is 0 Å². The summed E-state index contributed by atoms with van der Waals surface area (Å²) in [5, 5.41) is 0. The predicted octanol–water partition coefficient (Wildman–Crippen LogP) is 2.83. The van der Waals surface area contributed by atoms with Crippen LogP contribution < -0.4 is 5.73 Å². The van der Waals surface area contributed by atoms with Crippen molar-refractivity contribution in [2.45, 2.75) is 39.0 Å². The molecule has 0 atom stereocenters. The van der Waals surface area contributed by atoms with Crippen LogP contribution in [0.2, 0.25) is 0 Å². The Balaban J connectivity index is 3.56. The number of unbranched alkanes of at least 4 members (excludes halogenated alkanes) is 3. The molecule has 13 heavy (non-hydrogen) atoms. The molecule has 76 valence electrons. The predicted molar refractivity (Wildman–Crippen MR) is 59.0 cm³/mol. The van der Waals surface area contributed by atoms with Crippen molar-refractivity contribution in [1.82, 2.24) is 4.90 Å². The first-order valence-corrected chi connectivity index (χ1v) is 4.95. The average molecular weight is 182 g/mol. The molecule has 0 spiro atoms. The Morgan fingerprint density at radius 3 is 2.31 bits per heavy atom. The number of hydrogen-bond acceptors (Lipinski definition) is 2. The van der Waals surface area contributed by atoms with E-state index in [1.165, 1.54) is 25.7 Å². The molecule has 0 rings (SSSR count). The van der Waals surface area contributed by atoms with E-state index < -0.39 is 0 Å². The largest absolute Gasteiger partial charge is 0.386 e. The summed E-state index contributed by atoms with van der Waals surface area (Å²) in [4.78, 5) is 1.85. The molecule has 0 heterocycles. The molecule has 0 saturated carbocycles. The minimum atomic E-state index is 0.570. The lowest BCUT2D eigenvalue weighted by atomic mass is 10.1. The summed E-state index contributed by atoms with van der Waals surface area (Å²) in [5.41, 5.74) is 6.60. The molecule has 0 saturated heterocycles. The second-order valence-electron chi connectivity index (χ2n) is 3.43. The monoisotopic (exact) mass is 182 g/mol. The van der Waals surface area contributed by atoms with Crippen LogP contribution >= 0.6 is 0 Å². The van der Waals surface area contributed by atoms with Crippen molar-refractivity contribution in [3.63, 3.8) is 0 Å². The summed E-state index contributed by atoms with van der Waals surface area (Å²) in [7, 11) is 1.91. The molecule has 0 aliphatic rings. The molecule has 0 aliphatic heterocycles. The quantitative estimate of drug-likeness (QED) is 0.613. The van der Waals surface area contributed by atoms with Crippen LogP contribution in [0.25, 0.3) is 0 Å². The number of nitrogens with two attached hydrogens (primary N) is 1. The summed E-state index contributed by atoms with van der Waals surface area (Å²) in [5.74, 6) is 0.570. The summed E-state index contributed by atoms with van der Waals surface area (Å²) < 4.78 is 0. The smallest absolute Gasteiger partial charge is 0.0952 e. The molecular weight excluding hydrogens is 160 g/mol. The molecule has 2 nitrogen and oxygen atoms in total. The Morgan fingerprint density at radius 1 is 1.23 bits per heavy atom. The molecule has 0 radical (unpaired) electrons. The van der Waals surface area contributed by atoms with Crippen LogP contribution in [-0.4, -0.2) is 11.9 Å². The van der Waals surface area contributed by atoms with Crippen LogP contribution in [0.5, 0.6) is 0 Å². The van der Waals surface area contributed by atoms with Gasteiger partial charge in [-0.05, 0) is 12.8 Å². The second-order valence-corrected chi connectivity index (χ2v) is 3.43. The van der Waals surface area contributed by atoms with Crippen LogP contribution in [0.1, 0.15) is 39.0 Å². The van der Waals surface area contributed by atoms with Gasteiger partial charge >= 0.3 is 0 Å². The van der Waals surface area contributed by atoms with Gasteiger partial charge in [-0.1, -0.05) is 39.3 Å². The summed E-state index contributed by atoms with van der Waals surface area (Å²) in [6.07, 6.45) is 6.07. The maximum atomic E-state index is 5.54. The number of hydrogen-bond donors (Lipinski definition) is 1. The first-order chi connectivity index (χ1) is 6.09. The lowest BCUT2D eigenvalue weighted by Gasteiger charge is -2.20. The third-order valence-corrected chi connectivity index (χ3v) is 2.22. The van der Waals surface area contributed by atoms with Gasteiger partial charge in [-0.15, -0.1) is 0 Å². The van der Waals surface area contributed by atoms with Crippen molar-refractivity contribution in [3.05, 3.63) is 24.7 Å². The van der Waals surface area contributed by atoms with Gasteiger partial charge in [0.15, 0.2) is 0 Å². The summed E-state index contributed by atoms with van der Waals surface area (Å²) >= 11 is 0. The Kier molecular flexibility index (Phi) is 6.11. The molecule has 0 aromatic carbocycles. The van der Waals surface area contributed by atoms with Gasteiger partial charge in [-0.25, -0.2) is 0 Å². The van der Waals surface area contributed by atoms with Crippen molar-refractivity contribution >= 4 is 0 Å². The highest BCUT2D eigenvalue weighted by atomic mass is 15.2. The minimum Gasteiger partial charge on any atom is -0.386 e. The Labute approximate surface area is 82.1 Å². The van der Waals surface area contributed by atoms with Gasteiger partial charge in [0, 0.05) is 12.7 Å². The molecule has 0 unspecified atom stereocenters. The van der Waals surface area contributed by atoms with E-state index in [0.29, 0.717) is 5.82 Å². The van der Waals surface area contributed by atoms with Crippen LogP contribution in [0.4, 0.5) is 0 Å². The highest BCUT2D eigenvalue weighted by Crippen LogP contribution is 2.12. The van der Waals surface area contributed by atoms with Crippen molar-refractivity contribution in [3.8, 4) is 0 Å². The van der Waals surface area contributed by atoms with Gasteiger partial charge in [0.05, 0.1) is 5.82 Å². The molecule has 0 aromatic rings. The van der Waals surface area contributed by atoms with E-state index in [9.17, 15) is 0 Å². The van der Waals surface area contributed by atoms with Crippen molar-refractivity contribution in [1.29, 1.82) is 0 Å². The second kappa shape index (κ2) is 6.58. The van der Waals surface area contributed by atoms with E-state index in [1.807, 2.05) is 11.9 Å². The van der Waals surface area contributed by atoms with Gasteiger partial charge in [0.2, 0.25) is 0 Å². The van der Waals surface area contributed by atoms with Crippen LogP contribution in [0, 0.1) is 0 Å². The van der Waals surface area contributed by atoms with Gasteiger partial charge in [0.1, 0.15) is 0 Å². The van der Waals surface area contributed by atoms with Crippen molar-refractivity contribution in [2.75, 3.05) is 7.05 Å². The highest BCUT2D eigenvalue weighted by Gasteiger charge is 2.01. The van der Waals surface area contributed by atoms with E-state index in [1.54, 1.807) is 0 Å². The van der Waals surface area contributed by atoms with E-state index in [2.05, 4.69) is 20.1 Å². The topological polar surface area (TPSA) is 29.3 Å². The molecule has 2 heteroatoms. The van der Waals surface area contributed by atoms with Gasteiger partial charge in [0.25, 0.3) is 0 Å². The average Bonchev–Trinajstić information content (AvgIpc) is 2.10. The molecule has 2 N–H and O–H groups in total. The number of rotatable bonds is 7. The van der Waals surface area contributed by atoms with Crippen LogP contribution in [-0.2, 0) is 0 Å². The number of allylic oxidation sites excluding steroid dienone is 1. The SMILES string of the molecule is C=C(N)N(C)C(=C)CCCCCC. The van der Waals surface area contributed by atoms with Crippen LogP contribution in [0.3, 0.4) is 0 Å². The van der Waals surface area contributed by atoms with Gasteiger partial charge < -0.3 is 10.6 Å². The van der Waals surface area contributed by atoms with E-state index in [4.69, 9.17) is 5.73 Å². The molecule has 0 aliphatic carbocycles. The fourth-order valence-corrected chi connectivity index (χ4v) is 1.13. The molecular formula is C11H22N2. The van der Waals surface area contributed by atoms with Crippen molar-refractivity contribution < 1.29 is 0 Å². The Bertz CT molecular complexity index is 173. The third kappa shape index (κ3) is 5.34. The summed E-state index contributed by atoms with van der Waals surface area (Å²) in [6.45, 7) is 9.83. The first kappa shape index (κ1) is 12.1. The highest BCUT2D eigenvalue weighted by molar-refractivity contribution is 5.02. The van der Waals surface area contributed by atoms with Crippen molar-refractivity contribution in [2.24, 2.45) is 5.73 Å². The fourth-order valence-electron chi connectivity index (χ4n) is 1.13. The zero-order valence-corrected chi connectivity index (χ0v) is 8.97.